The lowest BCUT2D eigenvalue weighted by Gasteiger charge is -2.05. The Labute approximate surface area is 116 Å². The van der Waals surface area contributed by atoms with Crippen LogP contribution in [-0.2, 0) is 11.4 Å². The maximum Gasteiger partial charge on any atom is 0.358 e. The highest BCUT2D eigenvalue weighted by molar-refractivity contribution is 5.91. The van der Waals surface area contributed by atoms with Crippen LogP contribution in [-0.4, -0.2) is 23.7 Å². The molecule has 0 bridgehead atoms. The minimum Gasteiger partial charge on any atom is -0.490 e. The SMILES string of the molecule is CCn1c(C)c(C#N)c2cc([N+](=O)OC)c(OC)cc21. The van der Waals surface area contributed by atoms with E-state index in [9.17, 15) is 10.2 Å². The molecular weight excluding hydrogens is 258 g/mol. The fourth-order valence-corrected chi connectivity index (χ4v) is 2.44. The lowest BCUT2D eigenvalue weighted by Crippen LogP contribution is -2.01. The zero-order valence-corrected chi connectivity index (χ0v) is 11.9. The van der Waals surface area contributed by atoms with Gasteiger partial charge in [0.05, 0.1) is 23.1 Å². The predicted molar refractivity (Wildman–Crippen MR) is 73.9 cm³/mol. The molecule has 1 heterocycles. The van der Waals surface area contributed by atoms with Gasteiger partial charge < -0.3 is 9.30 Å². The summed E-state index contributed by atoms with van der Waals surface area (Å²) in [5.41, 5.74) is 2.55. The first-order chi connectivity index (χ1) is 9.58. The van der Waals surface area contributed by atoms with Crippen LogP contribution in [0.15, 0.2) is 12.1 Å². The zero-order chi connectivity index (χ0) is 14.9. The smallest absolute Gasteiger partial charge is 0.358 e. The second-order valence-electron chi connectivity index (χ2n) is 4.30. The van der Waals surface area contributed by atoms with Gasteiger partial charge in [-0.05, 0) is 13.8 Å². The number of hydrogen-bond donors (Lipinski definition) is 0. The van der Waals surface area contributed by atoms with Gasteiger partial charge in [0, 0.05) is 29.8 Å². The summed E-state index contributed by atoms with van der Waals surface area (Å²) in [5.74, 6) is 0.408. The summed E-state index contributed by atoms with van der Waals surface area (Å²) in [6, 6.07) is 5.57. The van der Waals surface area contributed by atoms with Crippen LogP contribution in [0.4, 0.5) is 5.69 Å². The molecule has 1 aromatic heterocycles. The van der Waals surface area contributed by atoms with Crippen LogP contribution in [0.5, 0.6) is 5.75 Å². The van der Waals surface area contributed by atoms with Gasteiger partial charge in [-0.3, -0.25) is 0 Å². The molecule has 0 unspecified atom stereocenters. The summed E-state index contributed by atoms with van der Waals surface area (Å²) >= 11 is 0. The number of nitriles is 1. The summed E-state index contributed by atoms with van der Waals surface area (Å²) in [5, 5.41) is 10.0. The van der Waals surface area contributed by atoms with Crippen molar-refractivity contribution in [3.05, 3.63) is 28.3 Å². The summed E-state index contributed by atoms with van der Waals surface area (Å²) in [4.78, 5) is 16.8. The van der Waals surface area contributed by atoms with Crippen molar-refractivity contribution >= 4 is 16.6 Å². The Morgan fingerprint density at radius 3 is 2.60 bits per heavy atom. The number of nitrogens with zero attached hydrogens (tertiary/aromatic N) is 3. The monoisotopic (exact) mass is 274 g/mol. The summed E-state index contributed by atoms with van der Waals surface area (Å²) in [6.45, 7) is 4.63. The van der Waals surface area contributed by atoms with Gasteiger partial charge in [-0.25, -0.2) is 4.84 Å². The van der Waals surface area contributed by atoms with Gasteiger partial charge in [-0.2, -0.15) is 5.26 Å². The van der Waals surface area contributed by atoms with Gasteiger partial charge in [-0.15, -0.1) is 0 Å². The van der Waals surface area contributed by atoms with E-state index in [1.807, 2.05) is 18.4 Å². The lowest BCUT2D eigenvalue weighted by molar-refractivity contribution is -0.736. The largest absolute Gasteiger partial charge is 0.490 e. The molecule has 104 valence electrons. The van der Waals surface area contributed by atoms with Crippen molar-refractivity contribution in [2.45, 2.75) is 20.4 Å². The third kappa shape index (κ3) is 1.88. The Hall–Kier alpha value is -2.55. The van der Waals surface area contributed by atoms with Gasteiger partial charge in [0.2, 0.25) is 5.75 Å². The quantitative estimate of drug-likeness (QED) is 0.804. The average molecular weight is 274 g/mol. The fraction of sp³-hybridized carbons (Fsp3) is 0.357. The molecule has 0 saturated heterocycles. The third-order valence-corrected chi connectivity index (χ3v) is 3.41. The average Bonchev–Trinajstić information content (AvgIpc) is 2.74. The third-order valence-electron chi connectivity index (χ3n) is 3.41. The summed E-state index contributed by atoms with van der Waals surface area (Å²) in [6.07, 6.45) is 0. The second-order valence-corrected chi connectivity index (χ2v) is 4.30. The van der Waals surface area contributed by atoms with Crippen LogP contribution in [0.25, 0.3) is 10.9 Å². The molecule has 6 nitrogen and oxygen atoms in total. The molecule has 1 aromatic carbocycles. The van der Waals surface area contributed by atoms with E-state index in [1.165, 1.54) is 14.2 Å². The van der Waals surface area contributed by atoms with E-state index in [1.54, 1.807) is 12.1 Å². The number of fused-ring (bicyclic) bond motifs is 1. The molecule has 0 fully saturated rings. The van der Waals surface area contributed by atoms with E-state index in [2.05, 4.69) is 10.9 Å². The summed E-state index contributed by atoms with van der Waals surface area (Å²) in [7, 11) is 2.77. The van der Waals surface area contributed by atoms with Crippen LogP contribution in [0.1, 0.15) is 18.2 Å². The topological polar surface area (TPSA) is 67.3 Å². The van der Waals surface area contributed by atoms with Crippen molar-refractivity contribution in [1.29, 1.82) is 5.26 Å². The molecule has 0 aliphatic rings. The Bertz CT molecular complexity index is 726. The van der Waals surface area contributed by atoms with E-state index in [0.29, 0.717) is 16.2 Å². The lowest BCUT2D eigenvalue weighted by atomic mass is 10.1. The number of ether oxygens (including phenoxy) is 1. The maximum absolute atomic E-state index is 11.7. The molecule has 2 rings (SSSR count). The number of aryl methyl sites for hydroxylation is 1. The van der Waals surface area contributed by atoms with Crippen molar-refractivity contribution in [1.82, 2.24) is 4.57 Å². The molecule has 0 spiro atoms. The van der Waals surface area contributed by atoms with Crippen LogP contribution in [0.2, 0.25) is 0 Å². The van der Waals surface area contributed by atoms with E-state index < -0.39 is 0 Å². The van der Waals surface area contributed by atoms with Gasteiger partial charge in [-0.1, -0.05) is 0 Å². The highest BCUT2D eigenvalue weighted by Crippen LogP contribution is 2.36. The molecule has 0 radical (unpaired) electrons. The Morgan fingerprint density at radius 1 is 1.40 bits per heavy atom. The molecule has 6 heteroatoms. The molecule has 2 aromatic rings. The normalized spacial score (nSPS) is 10.3. The number of rotatable bonds is 4. The number of aromatic nitrogens is 1. The summed E-state index contributed by atoms with van der Waals surface area (Å²) < 4.78 is 7.26. The highest BCUT2D eigenvalue weighted by atomic mass is 16.8. The molecular formula is C14H16N3O3+. The first kappa shape index (κ1) is 13.9. The van der Waals surface area contributed by atoms with Gasteiger partial charge in [0.25, 0.3) is 4.92 Å². The van der Waals surface area contributed by atoms with Gasteiger partial charge in [0.1, 0.15) is 6.07 Å². The minimum absolute atomic E-state index is 0.243. The van der Waals surface area contributed by atoms with Gasteiger partial charge in [0.15, 0.2) is 7.11 Å². The first-order valence-corrected chi connectivity index (χ1v) is 6.21. The Balaban J connectivity index is 2.88. The van der Waals surface area contributed by atoms with Crippen molar-refractivity contribution in [2.75, 3.05) is 14.2 Å². The molecule has 0 amide bonds. The van der Waals surface area contributed by atoms with Crippen molar-refractivity contribution in [2.24, 2.45) is 0 Å². The maximum atomic E-state index is 11.7. The van der Waals surface area contributed by atoms with Crippen molar-refractivity contribution in [3.63, 3.8) is 0 Å². The molecule has 0 aliphatic carbocycles. The van der Waals surface area contributed by atoms with E-state index in [-0.39, 0.29) is 5.69 Å². The van der Waals surface area contributed by atoms with Crippen LogP contribution in [0, 0.1) is 23.2 Å². The zero-order valence-electron chi connectivity index (χ0n) is 11.9. The Morgan fingerprint density at radius 2 is 2.10 bits per heavy atom. The van der Waals surface area contributed by atoms with Crippen LogP contribution >= 0.6 is 0 Å². The Kier molecular flexibility index (Phi) is 3.61. The van der Waals surface area contributed by atoms with E-state index in [4.69, 9.17) is 4.74 Å². The van der Waals surface area contributed by atoms with Crippen LogP contribution in [0.3, 0.4) is 0 Å². The van der Waals surface area contributed by atoms with Crippen molar-refractivity contribution < 1.29 is 14.5 Å². The van der Waals surface area contributed by atoms with Crippen molar-refractivity contribution in [3.8, 4) is 11.8 Å². The molecule has 0 atom stereocenters. The molecule has 0 aliphatic heterocycles. The number of methoxy groups -OCH3 is 1. The van der Waals surface area contributed by atoms with Gasteiger partial charge >= 0.3 is 5.69 Å². The molecule has 20 heavy (non-hydrogen) atoms. The molecule has 0 N–H and O–H groups in total. The number of hydrogen-bond acceptors (Lipinski definition) is 4. The predicted octanol–water partition coefficient (Wildman–Crippen LogP) is 2.82. The van der Waals surface area contributed by atoms with E-state index in [0.717, 1.165) is 23.1 Å². The minimum atomic E-state index is 0.243. The molecule has 0 saturated carbocycles. The standard InChI is InChI=1S/C14H16N3O3/c1-5-16-9(2)11(8-15)10-6-13(17(18)20-4)14(19-3)7-12(10)16/h6-7H,5H2,1-4H3/q+1. The first-order valence-electron chi connectivity index (χ1n) is 6.21. The van der Waals surface area contributed by atoms with E-state index >= 15 is 0 Å². The van der Waals surface area contributed by atoms with Crippen LogP contribution < -0.4 is 4.74 Å². The fourth-order valence-electron chi connectivity index (χ4n) is 2.44. The highest BCUT2D eigenvalue weighted by Gasteiger charge is 2.26. The second kappa shape index (κ2) is 5.21. The number of benzene rings is 1.